The van der Waals surface area contributed by atoms with Crippen LogP contribution in [0.3, 0.4) is 0 Å². The Hall–Kier alpha value is -9.38. The van der Waals surface area contributed by atoms with Crippen molar-refractivity contribution in [3.05, 3.63) is 266 Å². The number of rotatable bonds is 8. The van der Waals surface area contributed by atoms with Crippen molar-refractivity contribution >= 4 is 88.0 Å². The summed E-state index contributed by atoms with van der Waals surface area (Å²) in [5.41, 5.74) is 19.5. The predicted molar refractivity (Wildman–Crippen MR) is 301 cm³/mol. The van der Waals surface area contributed by atoms with Crippen molar-refractivity contribution < 1.29 is 0 Å². The lowest BCUT2D eigenvalue weighted by Crippen LogP contribution is -2.00. The van der Waals surface area contributed by atoms with Crippen LogP contribution in [-0.2, 0) is 0 Å². The van der Waals surface area contributed by atoms with E-state index in [4.69, 9.17) is 0 Å². The Bertz CT molecular complexity index is 4400. The van der Waals surface area contributed by atoms with Crippen molar-refractivity contribution in [1.29, 1.82) is 0 Å². The molecule has 14 aromatic rings. The minimum absolute atomic E-state index is 0.945. The van der Waals surface area contributed by atoms with Gasteiger partial charge in [-0.3, -0.25) is 0 Å². The number of para-hydroxylation sites is 6. The quantitative estimate of drug-likeness (QED) is 0.135. The van der Waals surface area contributed by atoms with E-state index in [1.807, 2.05) is 0 Å². The average Bonchev–Trinajstić information content (AvgIpc) is 4.15. The monoisotopic (exact) mass is 906 g/mol. The number of fused-ring (bicyclic) bond motifs is 10. The summed E-state index contributed by atoms with van der Waals surface area (Å²) >= 11 is 0. The van der Waals surface area contributed by atoms with E-state index in [0.29, 0.717) is 0 Å². The van der Waals surface area contributed by atoms with Crippen LogP contribution in [-0.4, -0.2) is 18.3 Å². The summed E-state index contributed by atoms with van der Waals surface area (Å²) in [4.78, 5) is 0. The maximum absolute atomic E-state index is 4.63. The summed E-state index contributed by atoms with van der Waals surface area (Å²) in [5, 5.41) is 8.69. The molecule has 0 radical (unpaired) electrons. The Morgan fingerprint density at radius 2 is 0.704 bits per heavy atom. The highest BCUT2D eigenvalue weighted by molar-refractivity contribution is 6.12. The zero-order valence-electron chi connectivity index (χ0n) is 39.2. The Labute approximate surface area is 411 Å². The molecule has 10 aromatic carbocycles. The molecule has 0 saturated heterocycles. The van der Waals surface area contributed by atoms with Gasteiger partial charge in [-0.05, 0) is 132 Å². The van der Waals surface area contributed by atoms with E-state index in [9.17, 15) is 0 Å². The van der Waals surface area contributed by atoms with Gasteiger partial charge in [0.1, 0.15) is 0 Å². The number of hydrogen-bond acceptors (Lipinski definition) is 0. The van der Waals surface area contributed by atoms with E-state index in [1.54, 1.807) is 0 Å². The van der Waals surface area contributed by atoms with Crippen LogP contribution in [0.2, 0.25) is 0 Å². The van der Waals surface area contributed by atoms with Crippen molar-refractivity contribution in [2.45, 2.75) is 6.92 Å². The molecule has 0 spiro atoms. The first-order valence-electron chi connectivity index (χ1n) is 24.4. The number of aryl methyl sites for hydroxylation is 1. The van der Waals surface area contributed by atoms with E-state index in [2.05, 4.69) is 281 Å². The Morgan fingerprint density at radius 1 is 0.324 bits per heavy atom. The van der Waals surface area contributed by atoms with E-state index < -0.39 is 0 Å². The highest BCUT2D eigenvalue weighted by atomic mass is 15.0. The first-order chi connectivity index (χ1) is 35.1. The maximum atomic E-state index is 4.63. The van der Waals surface area contributed by atoms with E-state index in [1.165, 1.54) is 87.5 Å². The molecule has 334 valence electrons. The molecule has 0 aliphatic heterocycles. The van der Waals surface area contributed by atoms with Crippen LogP contribution in [0.5, 0.6) is 0 Å². The molecule has 0 N–H and O–H groups in total. The third kappa shape index (κ3) is 6.39. The number of hydrogen-bond donors (Lipinski definition) is 0. The third-order valence-corrected chi connectivity index (χ3v) is 14.7. The second-order valence-corrected chi connectivity index (χ2v) is 18.7. The molecule has 4 heterocycles. The largest absolute Gasteiger partial charge is 0.310 e. The first kappa shape index (κ1) is 40.7. The minimum Gasteiger partial charge on any atom is -0.310 e. The lowest BCUT2D eigenvalue weighted by molar-refractivity contribution is 1.08. The van der Waals surface area contributed by atoms with Crippen LogP contribution in [0.15, 0.2) is 249 Å². The lowest BCUT2D eigenvalue weighted by atomic mass is 10.0. The molecule has 0 aliphatic carbocycles. The smallest absolute Gasteiger partial charge is 0.0541 e. The predicted octanol–water partition coefficient (Wildman–Crippen LogP) is 17.6. The SMILES string of the molecule is C=C(/C=C\c1c(C)c2ccccc2n1-c1cccc(-n2c3ccccc3c3cc(-c4cccc(-n5c6ccccc6c6ccccc65)c4)ccc32)c1)c1cccc(-n2c3ccccc3c3ccccc32)c1. The van der Waals surface area contributed by atoms with Gasteiger partial charge in [-0.15, -0.1) is 0 Å². The van der Waals surface area contributed by atoms with Gasteiger partial charge >= 0.3 is 0 Å². The summed E-state index contributed by atoms with van der Waals surface area (Å²) in [5.74, 6) is 0. The normalized spacial score (nSPS) is 12.0. The van der Waals surface area contributed by atoms with Gasteiger partial charge in [-0.2, -0.15) is 0 Å². The zero-order valence-corrected chi connectivity index (χ0v) is 39.2. The number of nitrogens with zero attached hydrogens (tertiary/aromatic N) is 4. The molecule has 0 aliphatic rings. The molecule has 0 saturated carbocycles. The van der Waals surface area contributed by atoms with Crippen LogP contribution < -0.4 is 0 Å². The molecule has 4 nitrogen and oxygen atoms in total. The lowest BCUT2D eigenvalue weighted by Gasteiger charge is -2.14. The molecule has 0 atom stereocenters. The van der Waals surface area contributed by atoms with Crippen molar-refractivity contribution in [1.82, 2.24) is 18.3 Å². The molecule has 71 heavy (non-hydrogen) atoms. The molecular formula is C67H46N4. The molecule has 4 heteroatoms. The molecule has 0 unspecified atom stereocenters. The van der Waals surface area contributed by atoms with Gasteiger partial charge in [0.15, 0.2) is 0 Å². The Morgan fingerprint density at radius 3 is 1.24 bits per heavy atom. The summed E-state index contributed by atoms with van der Waals surface area (Å²) < 4.78 is 9.59. The maximum Gasteiger partial charge on any atom is 0.0541 e. The summed E-state index contributed by atoms with van der Waals surface area (Å²) in [7, 11) is 0. The van der Waals surface area contributed by atoms with E-state index in [0.717, 1.165) is 45.1 Å². The van der Waals surface area contributed by atoms with Crippen LogP contribution in [0, 0.1) is 6.92 Å². The average molecular weight is 907 g/mol. The second-order valence-electron chi connectivity index (χ2n) is 18.7. The summed E-state index contributed by atoms with van der Waals surface area (Å²) in [6.45, 7) is 6.87. The molecule has 0 amide bonds. The fourth-order valence-corrected chi connectivity index (χ4v) is 11.4. The first-order valence-corrected chi connectivity index (χ1v) is 24.4. The van der Waals surface area contributed by atoms with Gasteiger partial charge in [0.2, 0.25) is 0 Å². The molecule has 0 fully saturated rings. The number of benzene rings is 10. The highest BCUT2D eigenvalue weighted by Crippen LogP contribution is 2.39. The standard InChI is InChI=1S/C67H46N4/c1-44(46-18-15-20-49(40-46)69-62-31-10-4-25-54(62)55-26-5-11-32-63(55)69)36-38-60-45(2)53-24-3-9-30-61(53)68(60)51-22-17-23-52(43-51)71-66-35-14-8-29-58(66)59-42-48(37-39-67(59)71)47-19-16-21-50(41-47)70-64-33-12-6-27-56(64)57-28-7-13-34-65(57)70/h3-43H,1H2,2H3/b38-36-. The van der Waals surface area contributed by atoms with Crippen LogP contribution in [0.1, 0.15) is 16.8 Å². The fraction of sp³-hybridized carbons (Fsp3) is 0.0149. The topological polar surface area (TPSA) is 19.7 Å². The molecule has 4 aromatic heterocycles. The van der Waals surface area contributed by atoms with Gasteiger partial charge in [-0.1, -0.05) is 158 Å². The second kappa shape index (κ2) is 16.1. The van der Waals surface area contributed by atoms with Gasteiger partial charge in [0, 0.05) is 66.1 Å². The van der Waals surface area contributed by atoms with Gasteiger partial charge in [-0.25, -0.2) is 0 Å². The van der Waals surface area contributed by atoms with E-state index >= 15 is 0 Å². The highest BCUT2D eigenvalue weighted by Gasteiger charge is 2.19. The van der Waals surface area contributed by atoms with Crippen molar-refractivity contribution in [3.63, 3.8) is 0 Å². The van der Waals surface area contributed by atoms with E-state index in [-0.39, 0.29) is 0 Å². The summed E-state index contributed by atoms with van der Waals surface area (Å²) in [6, 6.07) is 85.9. The number of allylic oxidation sites excluding steroid dienone is 2. The van der Waals surface area contributed by atoms with Crippen LogP contribution >= 0.6 is 0 Å². The molecule has 14 rings (SSSR count). The Kier molecular flexibility index (Phi) is 9.23. The third-order valence-electron chi connectivity index (χ3n) is 14.7. The summed E-state index contributed by atoms with van der Waals surface area (Å²) in [6.07, 6.45) is 4.42. The van der Waals surface area contributed by atoms with Gasteiger partial charge in [0.05, 0.1) is 38.6 Å². The Balaban J connectivity index is 0.846. The van der Waals surface area contributed by atoms with Gasteiger partial charge < -0.3 is 18.3 Å². The van der Waals surface area contributed by atoms with Gasteiger partial charge in [0.25, 0.3) is 0 Å². The van der Waals surface area contributed by atoms with Crippen LogP contribution in [0.4, 0.5) is 0 Å². The minimum atomic E-state index is 0.945. The number of aromatic nitrogens is 4. The zero-order chi connectivity index (χ0) is 47.2. The van der Waals surface area contributed by atoms with Crippen molar-refractivity contribution in [2.75, 3.05) is 0 Å². The molecular weight excluding hydrogens is 861 g/mol. The fourth-order valence-electron chi connectivity index (χ4n) is 11.4. The molecule has 0 bridgehead atoms. The van der Waals surface area contributed by atoms with Crippen molar-refractivity contribution in [2.24, 2.45) is 0 Å². The van der Waals surface area contributed by atoms with Crippen LogP contribution in [0.25, 0.3) is 122 Å². The van der Waals surface area contributed by atoms with Crippen molar-refractivity contribution in [3.8, 4) is 33.9 Å².